The molecular formula is C32H32N2O3. The van der Waals surface area contributed by atoms with E-state index in [1.165, 1.54) is 4.90 Å². The van der Waals surface area contributed by atoms with Crippen LogP contribution in [-0.4, -0.2) is 28.7 Å². The fraction of sp³-hybridized carbons (Fsp3) is 0.344. The number of carbonyl (C=O) groups is 3. The second-order valence-electron chi connectivity index (χ2n) is 10.8. The third-order valence-electron chi connectivity index (χ3n) is 8.58. The predicted octanol–water partition coefficient (Wildman–Crippen LogP) is 5.69. The average molecular weight is 493 g/mol. The molecular weight excluding hydrogens is 460 g/mol. The van der Waals surface area contributed by atoms with E-state index in [4.69, 9.17) is 0 Å². The highest BCUT2D eigenvalue weighted by Crippen LogP contribution is 2.61. The second-order valence-corrected chi connectivity index (χ2v) is 10.8. The Morgan fingerprint density at radius 1 is 0.838 bits per heavy atom. The molecule has 4 aliphatic rings. The topological polar surface area (TPSA) is 66.5 Å². The zero-order valence-corrected chi connectivity index (χ0v) is 21.5. The zero-order chi connectivity index (χ0) is 25.8. The van der Waals surface area contributed by atoms with Gasteiger partial charge in [-0.1, -0.05) is 80.4 Å². The van der Waals surface area contributed by atoms with Gasteiger partial charge in [-0.15, -0.1) is 0 Å². The Labute approximate surface area is 217 Å². The first-order valence-corrected chi connectivity index (χ1v) is 13.3. The Kier molecular flexibility index (Phi) is 5.74. The summed E-state index contributed by atoms with van der Waals surface area (Å²) in [6.07, 6.45) is 2.09. The highest BCUT2D eigenvalue weighted by Gasteiger charge is 2.62. The lowest BCUT2D eigenvalue weighted by molar-refractivity contribution is -0.147. The van der Waals surface area contributed by atoms with Crippen molar-refractivity contribution in [2.24, 2.45) is 11.8 Å². The molecule has 7 rings (SSSR count). The van der Waals surface area contributed by atoms with Crippen molar-refractivity contribution < 1.29 is 14.4 Å². The van der Waals surface area contributed by atoms with Crippen LogP contribution in [0.5, 0.6) is 0 Å². The van der Waals surface area contributed by atoms with Crippen LogP contribution in [0.2, 0.25) is 0 Å². The van der Waals surface area contributed by atoms with Gasteiger partial charge in [-0.25, -0.2) is 0 Å². The molecule has 3 aliphatic carbocycles. The Morgan fingerprint density at radius 2 is 1.35 bits per heavy atom. The van der Waals surface area contributed by atoms with Gasteiger partial charge < -0.3 is 5.32 Å². The lowest BCUT2D eigenvalue weighted by atomic mass is 9.55. The Bertz CT molecular complexity index is 1310. The van der Waals surface area contributed by atoms with E-state index in [0.717, 1.165) is 51.9 Å². The number of amides is 3. The van der Waals surface area contributed by atoms with E-state index in [1.54, 1.807) is 0 Å². The maximum absolute atomic E-state index is 14.2. The van der Waals surface area contributed by atoms with Gasteiger partial charge in [0.2, 0.25) is 17.7 Å². The first kappa shape index (κ1) is 23.7. The molecule has 5 nitrogen and oxygen atoms in total. The minimum atomic E-state index is -0.823. The molecule has 0 unspecified atom stereocenters. The molecule has 0 radical (unpaired) electrons. The first-order chi connectivity index (χ1) is 17.9. The van der Waals surface area contributed by atoms with E-state index in [-0.39, 0.29) is 29.6 Å². The summed E-state index contributed by atoms with van der Waals surface area (Å²) in [4.78, 5) is 43.4. The van der Waals surface area contributed by atoms with E-state index in [1.807, 2.05) is 56.3 Å². The third kappa shape index (κ3) is 3.55. The monoisotopic (exact) mass is 492 g/mol. The molecule has 3 aromatic carbocycles. The van der Waals surface area contributed by atoms with Crippen LogP contribution in [-0.2, 0) is 14.4 Å². The van der Waals surface area contributed by atoms with Gasteiger partial charge >= 0.3 is 0 Å². The fourth-order valence-corrected chi connectivity index (χ4v) is 6.87. The number of hydrogen-bond donors (Lipinski definition) is 1. The van der Waals surface area contributed by atoms with Crippen LogP contribution in [0, 0.1) is 25.7 Å². The summed E-state index contributed by atoms with van der Waals surface area (Å²) < 4.78 is 0. The maximum Gasteiger partial charge on any atom is 0.247 e. The van der Waals surface area contributed by atoms with E-state index in [9.17, 15) is 14.4 Å². The van der Waals surface area contributed by atoms with Gasteiger partial charge in [-0.2, -0.15) is 0 Å². The molecule has 1 fully saturated rings. The molecule has 3 aromatic rings. The van der Waals surface area contributed by atoms with Crippen molar-refractivity contribution >= 4 is 23.4 Å². The van der Waals surface area contributed by atoms with E-state index < -0.39 is 17.9 Å². The maximum atomic E-state index is 14.2. The summed E-state index contributed by atoms with van der Waals surface area (Å²) in [5.74, 6) is -1.97. The van der Waals surface area contributed by atoms with Crippen LogP contribution >= 0.6 is 0 Å². The van der Waals surface area contributed by atoms with Crippen molar-refractivity contribution in [2.45, 2.75) is 57.9 Å². The van der Waals surface area contributed by atoms with Crippen molar-refractivity contribution in [1.82, 2.24) is 4.90 Å². The molecule has 0 saturated carbocycles. The van der Waals surface area contributed by atoms with E-state index >= 15 is 0 Å². The van der Waals surface area contributed by atoms with Gasteiger partial charge in [0, 0.05) is 17.5 Å². The molecule has 37 heavy (non-hydrogen) atoms. The second kappa shape index (κ2) is 8.98. The van der Waals surface area contributed by atoms with Gasteiger partial charge in [0.15, 0.2) is 0 Å². The predicted molar refractivity (Wildman–Crippen MR) is 143 cm³/mol. The summed E-state index contributed by atoms with van der Waals surface area (Å²) >= 11 is 0. The van der Waals surface area contributed by atoms with Crippen molar-refractivity contribution in [3.05, 3.63) is 100 Å². The summed E-state index contributed by atoms with van der Waals surface area (Å²) in [5, 5.41) is 3.05. The summed E-state index contributed by atoms with van der Waals surface area (Å²) in [5.41, 5.74) is 7.27. The number of nitrogens with one attached hydrogen (secondary N) is 1. The van der Waals surface area contributed by atoms with Crippen molar-refractivity contribution in [3.8, 4) is 0 Å². The molecule has 0 aromatic heterocycles. The van der Waals surface area contributed by atoms with E-state index in [2.05, 4.69) is 36.5 Å². The van der Waals surface area contributed by atoms with Gasteiger partial charge in [0.05, 0.1) is 11.8 Å². The minimum absolute atomic E-state index is 0.169. The lowest BCUT2D eigenvalue weighted by Gasteiger charge is -2.45. The Hall–Kier alpha value is -3.73. The Balaban J connectivity index is 1.40. The normalized spacial score (nSPS) is 23.9. The lowest BCUT2D eigenvalue weighted by Crippen LogP contribution is -2.48. The number of nitrogens with zero attached hydrogens (tertiary/aromatic N) is 1. The summed E-state index contributed by atoms with van der Waals surface area (Å²) in [7, 11) is 0. The SMILES string of the molecule is CCCC[C@@H](C(=O)Nc1cc(C)ccc1C)N1C(=O)[C@@H]2C3c4ccccc4C(c4ccccc43)[C@@H]2C1=O. The smallest absolute Gasteiger partial charge is 0.247 e. The molecule has 1 aliphatic heterocycles. The quantitative estimate of drug-likeness (QED) is 0.450. The standard InChI is InChI=1S/C32H32N2O3/c1-4-5-14-25(30(35)33-24-17-18(2)15-16-19(24)3)34-31(36)28-26-20-10-6-7-11-21(20)27(29(28)32(34)37)23-13-9-8-12-22(23)26/h6-13,15-17,25-29H,4-5,14H2,1-3H3,(H,33,35)/t25-,26?,27?,28-,29+/m0/s1. The first-order valence-electron chi connectivity index (χ1n) is 13.3. The third-order valence-corrected chi connectivity index (χ3v) is 8.58. The molecule has 1 N–H and O–H groups in total. The number of anilines is 1. The highest BCUT2D eigenvalue weighted by atomic mass is 16.2. The van der Waals surface area contributed by atoms with Crippen molar-refractivity contribution in [2.75, 3.05) is 5.32 Å². The van der Waals surface area contributed by atoms with Crippen LogP contribution in [0.4, 0.5) is 5.69 Å². The van der Waals surface area contributed by atoms with Crippen LogP contribution in [0.3, 0.4) is 0 Å². The summed E-state index contributed by atoms with van der Waals surface area (Å²) in [6.45, 7) is 5.98. The zero-order valence-electron chi connectivity index (χ0n) is 21.5. The molecule has 3 amide bonds. The van der Waals surface area contributed by atoms with E-state index in [0.29, 0.717) is 6.42 Å². The summed E-state index contributed by atoms with van der Waals surface area (Å²) in [6, 6.07) is 21.5. The number of aryl methyl sites for hydroxylation is 2. The number of hydrogen-bond acceptors (Lipinski definition) is 3. The number of rotatable bonds is 6. The van der Waals surface area contributed by atoms with Gasteiger partial charge in [-0.3, -0.25) is 19.3 Å². The van der Waals surface area contributed by atoms with Crippen molar-refractivity contribution in [3.63, 3.8) is 0 Å². The molecule has 188 valence electrons. The number of benzene rings is 3. The van der Waals surface area contributed by atoms with Crippen LogP contribution in [0.25, 0.3) is 0 Å². The molecule has 2 bridgehead atoms. The van der Waals surface area contributed by atoms with Gasteiger partial charge in [0.1, 0.15) is 6.04 Å². The molecule has 0 spiro atoms. The van der Waals surface area contributed by atoms with Crippen LogP contribution in [0.1, 0.15) is 71.4 Å². The van der Waals surface area contributed by atoms with Gasteiger partial charge in [0.25, 0.3) is 0 Å². The number of carbonyl (C=O) groups excluding carboxylic acids is 3. The van der Waals surface area contributed by atoms with Crippen molar-refractivity contribution in [1.29, 1.82) is 0 Å². The molecule has 5 heteroatoms. The van der Waals surface area contributed by atoms with Crippen LogP contribution in [0.15, 0.2) is 66.7 Å². The molecule has 1 heterocycles. The Morgan fingerprint density at radius 3 is 1.84 bits per heavy atom. The molecule has 3 atom stereocenters. The average Bonchev–Trinajstić information content (AvgIpc) is 3.17. The number of imide groups is 1. The largest absolute Gasteiger partial charge is 0.324 e. The fourth-order valence-electron chi connectivity index (χ4n) is 6.87. The minimum Gasteiger partial charge on any atom is -0.324 e. The number of likely N-dealkylation sites (tertiary alicyclic amines) is 1. The van der Waals surface area contributed by atoms with Crippen LogP contribution < -0.4 is 5.32 Å². The number of unbranched alkanes of at least 4 members (excludes halogenated alkanes) is 1. The highest BCUT2D eigenvalue weighted by molar-refractivity contribution is 6.11. The molecule has 1 saturated heterocycles. The van der Waals surface area contributed by atoms with Gasteiger partial charge in [-0.05, 0) is 59.7 Å².